The molecular weight excluding hydrogens is 517 g/mol. The number of hydrogen-bond donors (Lipinski definition) is 3. The van der Waals surface area contributed by atoms with Gasteiger partial charge in [0.05, 0.1) is 29.9 Å². The molecule has 2 bridgehead atoms. The number of aromatic nitrogens is 1. The Morgan fingerprint density at radius 3 is 2.73 bits per heavy atom. The smallest absolute Gasteiger partial charge is 0.241 e. The number of amides is 1. The molecule has 37 heavy (non-hydrogen) atoms. The molecule has 2 aliphatic heterocycles. The highest BCUT2D eigenvalue weighted by Gasteiger charge is 2.38. The van der Waals surface area contributed by atoms with Crippen LogP contribution in [-0.2, 0) is 21.2 Å². The molecule has 0 radical (unpaired) electrons. The quantitative estimate of drug-likeness (QED) is 0.463. The van der Waals surface area contributed by atoms with Gasteiger partial charge in [0, 0.05) is 41.7 Å². The van der Waals surface area contributed by atoms with Gasteiger partial charge >= 0.3 is 0 Å². The zero-order valence-corrected chi connectivity index (χ0v) is 22.7. The highest BCUT2D eigenvalue weighted by atomic mass is 35.5. The molecule has 8 nitrogen and oxygen atoms in total. The van der Waals surface area contributed by atoms with Gasteiger partial charge in [-0.1, -0.05) is 37.6 Å². The summed E-state index contributed by atoms with van der Waals surface area (Å²) in [6, 6.07) is 6.21. The topological polar surface area (TPSA) is 117 Å². The van der Waals surface area contributed by atoms with Crippen molar-refractivity contribution in [2.24, 2.45) is 11.7 Å². The van der Waals surface area contributed by atoms with Crippen LogP contribution in [-0.4, -0.2) is 60.6 Å². The lowest BCUT2D eigenvalue weighted by Crippen LogP contribution is -2.57. The van der Waals surface area contributed by atoms with E-state index < -0.39 is 27.8 Å². The number of rotatable bonds is 8. The number of piperazine rings is 1. The Kier molecular flexibility index (Phi) is 8.85. The van der Waals surface area contributed by atoms with Crippen LogP contribution in [0.4, 0.5) is 10.1 Å². The largest absolute Gasteiger partial charge is 0.323 e. The maximum atomic E-state index is 14.9. The van der Waals surface area contributed by atoms with Gasteiger partial charge < -0.3 is 16.4 Å². The van der Waals surface area contributed by atoms with E-state index in [0.29, 0.717) is 31.0 Å². The van der Waals surface area contributed by atoms with E-state index in [1.54, 1.807) is 16.4 Å². The van der Waals surface area contributed by atoms with Crippen molar-refractivity contribution in [3.8, 4) is 0 Å². The van der Waals surface area contributed by atoms with E-state index in [9.17, 15) is 17.6 Å². The minimum Gasteiger partial charge on any atom is -0.323 e. The number of pyridine rings is 1. The molecule has 2 fully saturated rings. The fourth-order valence-electron chi connectivity index (χ4n) is 5.45. The Labute approximate surface area is 223 Å². The summed E-state index contributed by atoms with van der Waals surface area (Å²) in [6.07, 6.45) is 4.62. The molecular formula is C26H35ClFN5O3S. The second-order valence-corrected chi connectivity index (χ2v) is 12.8. The van der Waals surface area contributed by atoms with Gasteiger partial charge in [-0.05, 0) is 49.3 Å². The fourth-order valence-corrected chi connectivity index (χ4v) is 7.38. The summed E-state index contributed by atoms with van der Waals surface area (Å²) in [6.45, 7) is 4.92. The lowest BCUT2D eigenvalue weighted by Gasteiger charge is -2.37. The van der Waals surface area contributed by atoms with E-state index in [1.165, 1.54) is 6.20 Å². The normalized spacial score (nSPS) is 24.8. The van der Waals surface area contributed by atoms with Crippen LogP contribution in [0, 0.1) is 11.7 Å². The van der Waals surface area contributed by atoms with E-state index in [4.69, 9.17) is 17.3 Å². The molecule has 11 heteroatoms. The number of nitrogens with two attached hydrogens (primary N) is 1. The molecule has 1 amide bonds. The molecule has 3 heterocycles. The van der Waals surface area contributed by atoms with Gasteiger partial charge in [-0.25, -0.2) is 12.8 Å². The van der Waals surface area contributed by atoms with Crippen molar-refractivity contribution in [1.82, 2.24) is 14.6 Å². The van der Waals surface area contributed by atoms with Gasteiger partial charge in [-0.3, -0.25) is 9.78 Å². The van der Waals surface area contributed by atoms with E-state index in [-0.39, 0.29) is 47.3 Å². The third-order valence-electron chi connectivity index (χ3n) is 7.42. The van der Waals surface area contributed by atoms with Crippen LogP contribution in [0.3, 0.4) is 0 Å². The average molecular weight is 552 g/mol. The first-order valence-electron chi connectivity index (χ1n) is 12.7. The van der Waals surface area contributed by atoms with Gasteiger partial charge in [0.1, 0.15) is 5.82 Å². The van der Waals surface area contributed by atoms with Gasteiger partial charge in [-0.15, -0.1) is 0 Å². The molecule has 4 rings (SSSR count). The summed E-state index contributed by atoms with van der Waals surface area (Å²) in [5.41, 5.74) is 7.85. The zero-order valence-electron chi connectivity index (χ0n) is 21.2. The Balaban J connectivity index is 1.49. The van der Waals surface area contributed by atoms with Crippen LogP contribution in [0.15, 0.2) is 36.7 Å². The van der Waals surface area contributed by atoms with Gasteiger partial charge in [0.25, 0.3) is 0 Å². The first-order chi connectivity index (χ1) is 17.6. The van der Waals surface area contributed by atoms with E-state index in [2.05, 4.69) is 15.6 Å². The van der Waals surface area contributed by atoms with Crippen molar-refractivity contribution in [2.75, 3.05) is 24.2 Å². The molecule has 0 spiro atoms. The van der Waals surface area contributed by atoms with Crippen LogP contribution in [0.25, 0.3) is 0 Å². The second-order valence-electron chi connectivity index (χ2n) is 10.3. The summed E-state index contributed by atoms with van der Waals surface area (Å²) in [5, 5.41) is 6.81. The third-order valence-corrected chi connectivity index (χ3v) is 9.63. The predicted molar refractivity (Wildman–Crippen MR) is 143 cm³/mol. The predicted octanol–water partition coefficient (Wildman–Crippen LogP) is 3.28. The number of carbonyl (C=O) groups is 1. The molecule has 5 atom stereocenters. The van der Waals surface area contributed by atoms with Crippen molar-refractivity contribution in [3.05, 3.63) is 58.6 Å². The van der Waals surface area contributed by atoms with Crippen LogP contribution >= 0.6 is 11.6 Å². The molecule has 202 valence electrons. The summed E-state index contributed by atoms with van der Waals surface area (Å²) >= 11 is 6.02. The highest BCUT2D eigenvalue weighted by Crippen LogP contribution is 2.30. The number of benzene rings is 1. The number of nitrogens with zero attached hydrogens (tertiary/aromatic N) is 2. The summed E-state index contributed by atoms with van der Waals surface area (Å²) in [7, 11) is -3.35. The number of nitrogens with one attached hydrogen (secondary N) is 2. The maximum absolute atomic E-state index is 14.9. The SMILES string of the molecule is CC(C)C(c1ccc(Cl)cc1)[C@H](N)C(=O)Nc1cncc(F)c1CC[C@H]1CN[C@@H]2CCCS(=O)(=O)N1C2. The van der Waals surface area contributed by atoms with Crippen LogP contribution in [0.1, 0.15) is 50.2 Å². The molecule has 2 saturated heterocycles. The molecule has 0 saturated carbocycles. The summed E-state index contributed by atoms with van der Waals surface area (Å²) < 4.78 is 42.0. The minimum atomic E-state index is -3.35. The van der Waals surface area contributed by atoms with Crippen molar-refractivity contribution in [3.63, 3.8) is 0 Å². The van der Waals surface area contributed by atoms with Gasteiger partial charge in [-0.2, -0.15) is 4.31 Å². The number of halogens is 2. The molecule has 4 N–H and O–H groups in total. The van der Waals surface area contributed by atoms with Crippen LogP contribution < -0.4 is 16.4 Å². The molecule has 1 aromatic heterocycles. The standard InChI is InChI=1S/C26H35ClFN5O3S/c1-16(2)24(17-5-7-18(27)8-6-17)25(29)26(34)32-23-14-30-13-22(28)21(23)10-9-20-12-31-19-4-3-11-37(35,36)33(20)15-19/h5-8,13-14,16,19-20,24-25,31H,3-4,9-12,15,29H2,1-2H3,(H,32,34)/t19-,20+,24?,25+/m1/s1. The number of fused-ring (bicyclic) bond motifs is 2. The minimum absolute atomic E-state index is 0.0604. The van der Waals surface area contributed by atoms with Gasteiger partial charge in [0.15, 0.2) is 0 Å². The summed E-state index contributed by atoms with van der Waals surface area (Å²) in [4.78, 5) is 17.1. The molecule has 0 aliphatic carbocycles. The van der Waals surface area contributed by atoms with Crippen LogP contribution in [0.2, 0.25) is 5.02 Å². The van der Waals surface area contributed by atoms with E-state index in [1.807, 2.05) is 26.0 Å². The Morgan fingerprint density at radius 2 is 2.03 bits per heavy atom. The Morgan fingerprint density at radius 1 is 1.30 bits per heavy atom. The van der Waals surface area contributed by atoms with Crippen molar-refractivity contribution in [2.45, 2.75) is 63.6 Å². The second kappa shape index (κ2) is 11.7. The summed E-state index contributed by atoms with van der Waals surface area (Å²) in [5.74, 6) is -1.08. The first-order valence-corrected chi connectivity index (χ1v) is 14.7. The van der Waals surface area contributed by atoms with Crippen molar-refractivity contribution in [1.29, 1.82) is 0 Å². The van der Waals surface area contributed by atoms with E-state index >= 15 is 0 Å². The van der Waals surface area contributed by atoms with Crippen LogP contribution in [0.5, 0.6) is 0 Å². The fraction of sp³-hybridized carbons (Fsp3) is 0.538. The van der Waals surface area contributed by atoms with Crippen molar-refractivity contribution >= 4 is 33.2 Å². The number of anilines is 1. The average Bonchev–Trinajstić information content (AvgIpc) is 2.96. The Bertz CT molecular complexity index is 1210. The lowest BCUT2D eigenvalue weighted by molar-refractivity contribution is -0.118. The van der Waals surface area contributed by atoms with Crippen molar-refractivity contribution < 1.29 is 17.6 Å². The molecule has 2 aromatic rings. The maximum Gasteiger partial charge on any atom is 0.241 e. The monoisotopic (exact) mass is 551 g/mol. The third kappa shape index (κ3) is 6.49. The van der Waals surface area contributed by atoms with E-state index in [0.717, 1.165) is 18.2 Å². The first kappa shape index (κ1) is 27.9. The zero-order chi connectivity index (χ0) is 26.7. The molecule has 2 aliphatic rings. The Hall–Kier alpha value is -2.11. The lowest BCUT2D eigenvalue weighted by atomic mass is 9.82. The molecule has 1 aromatic carbocycles. The number of sulfonamides is 1. The number of carbonyl (C=O) groups excluding carboxylic acids is 1. The number of hydrogen-bond acceptors (Lipinski definition) is 6. The highest BCUT2D eigenvalue weighted by molar-refractivity contribution is 7.89. The van der Waals surface area contributed by atoms with Gasteiger partial charge in [0.2, 0.25) is 15.9 Å². The molecule has 2 unspecified atom stereocenters.